The first-order valence-corrected chi connectivity index (χ1v) is 5.46. The molecule has 0 saturated heterocycles. The second kappa shape index (κ2) is 5.26. The molecule has 80 valence electrons. The van der Waals surface area contributed by atoms with Gasteiger partial charge in [0.25, 0.3) is 0 Å². The highest BCUT2D eigenvalue weighted by atomic mass is 16.1. The van der Waals surface area contributed by atoms with Crippen molar-refractivity contribution in [2.75, 3.05) is 0 Å². The molecular formula is C15H14O. The van der Waals surface area contributed by atoms with Crippen LogP contribution in [0.3, 0.4) is 0 Å². The average molecular weight is 210 g/mol. The minimum Gasteiger partial charge on any atom is -0.294 e. The van der Waals surface area contributed by atoms with E-state index >= 15 is 0 Å². The fourth-order valence-electron chi connectivity index (χ4n) is 1.70. The summed E-state index contributed by atoms with van der Waals surface area (Å²) in [5, 5.41) is 0. The Kier molecular flexibility index (Phi) is 3.50. The van der Waals surface area contributed by atoms with Gasteiger partial charge in [-0.15, -0.1) is 0 Å². The zero-order chi connectivity index (χ0) is 11.2. The third kappa shape index (κ3) is 2.80. The second-order valence-corrected chi connectivity index (χ2v) is 3.81. The SMILES string of the molecule is O=C(CC1C=CC=CC=C1)c1ccccc1. The molecular weight excluding hydrogens is 196 g/mol. The van der Waals surface area contributed by atoms with E-state index in [0.29, 0.717) is 6.42 Å². The summed E-state index contributed by atoms with van der Waals surface area (Å²) in [6.07, 6.45) is 12.6. The molecule has 1 nitrogen and oxygen atoms in total. The van der Waals surface area contributed by atoms with Gasteiger partial charge in [-0.25, -0.2) is 0 Å². The van der Waals surface area contributed by atoms with E-state index in [-0.39, 0.29) is 11.7 Å². The van der Waals surface area contributed by atoms with Gasteiger partial charge in [0.05, 0.1) is 0 Å². The van der Waals surface area contributed by atoms with Crippen LogP contribution in [0, 0.1) is 5.92 Å². The average Bonchev–Trinajstić information content (AvgIpc) is 2.59. The summed E-state index contributed by atoms with van der Waals surface area (Å²) in [6.45, 7) is 0. The van der Waals surface area contributed by atoms with E-state index in [4.69, 9.17) is 0 Å². The number of carbonyl (C=O) groups excluding carboxylic acids is 1. The third-order valence-electron chi connectivity index (χ3n) is 2.57. The van der Waals surface area contributed by atoms with Crippen LogP contribution < -0.4 is 0 Å². The van der Waals surface area contributed by atoms with Crippen molar-refractivity contribution < 1.29 is 4.79 Å². The molecule has 1 aromatic rings. The largest absolute Gasteiger partial charge is 0.294 e. The third-order valence-corrected chi connectivity index (χ3v) is 2.57. The minimum atomic E-state index is 0.196. The predicted octanol–water partition coefficient (Wildman–Crippen LogP) is 3.56. The van der Waals surface area contributed by atoms with E-state index in [1.807, 2.05) is 54.6 Å². The van der Waals surface area contributed by atoms with Crippen molar-refractivity contribution in [3.63, 3.8) is 0 Å². The molecule has 1 heteroatoms. The first kappa shape index (κ1) is 10.6. The van der Waals surface area contributed by atoms with E-state index in [2.05, 4.69) is 12.2 Å². The Labute approximate surface area is 95.8 Å². The molecule has 0 atom stereocenters. The van der Waals surface area contributed by atoms with Gasteiger partial charge in [0.1, 0.15) is 0 Å². The summed E-state index contributed by atoms with van der Waals surface area (Å²) in [5.41, 5.74) is 0.793. The summed E-state index contributed by atoms with van der Waals surface area (Å²) in [4.78, 5) is 11.9. The van der Waals surface area contributed by atoms with E-state index in [1.165, 1.54) is 0 Å². The zero-order valence-electron chi connectivity index (χ0n) is 9.04. The molecule has 0 amide bonds. The number of hydrogen-bond donors (Lipinski definition) is 0. The number of rotatable bonds is 3. The predicted molar refractivity (Wildman–Crippen MR) is 66.3 cm³/mol. The number of hydrogen-bond acceptors (Lipinski definition) is 1. The van der Waals surface area contributed by atoms with Crippen molar-refractivity contribution in [1.29, 1.82) is 0 Å². The molecule has 0 radical (unpaired) electrons. The molecule has 16 heavy (non-hydrogen) atoms. The maximum atomic E-state index is 11.9. The molecule has 1 aliphatic carbocycles. The molecule has 0 heterocycles. The molecule has 1 aliphatic rings. The molecule has 0 N–H and O–H groups in total. The molecule has 0 spiro atoms. The number of Topliss-reactive ketones (excluding diaryl/α,β-unsaturated/α-hetero) is 1. The number of allylic oxidation sites excluding steroid dienone is 6. The standard InChI is InChI=1S/C15H14O/c16-15(14-10-6-3-7-11-14)12-13-8-4-1-2-5-9-13/h1-11,13H,12H2. The van der Waals surface area contributed by atoms with Gasteiger partial charge in [-0.3, -0.25) is 4.79 Å². The van der Waals surface area contributed by atoms with Crippen molar-refractivity contribution >= 4 is 5.78 Å². The fourth-order valence-corrected chi connectivity index (χ4v) is 1.70. The Hall–Kier alpha value is -1.89. The van der Waals surface area contributed by atoms with E-state index in [1.54, 1.807) is 0 Å². The molecule has 0 aliphatic heterocycles. The molecule has 0 unspecified atom stereocenters. The lowest BCUT2D eigenvalue weighted by atomic mass is 9.98. The summed E-state index contributed by atoms with van der Waals surface area (Å²) < 4.78 is 0. The van der Waals surface area contributed by atoms with Crippen LogP contribution in [0.1, 0.15) is 16.8 Å². The monoisotopic (exact) mass is 210 g/mol. The van der Waals surface area contributed by atoms with Crippen molar-refractivity contribution in [2.24, 2.45) is 5.92 Å². The maximum absolute atomic E-state index is 11.9. The Morgan fingerprint density at radius 2 is 1.56 bits per heavy atom. The topological polar surface area (TPSA) is 17.1 Å². The Bertz CT molecular complexity index is 422. The second-order valence-electron chi connectivity index (χ2n) is 3.81. The van der Waals surface area contributed by atoms with Gasteiger partial charge in [-0.2, -0.15) is 0 Å². The molecule has 2 rings (SSSR count). The van der Waals surface area contributed by atoms with E-state index in [0.717, 1.165) is 5.56 Å². The summed E-state index contributed by atoms with van der Waals surface area (Å²) >= 11 is 0. The first-order valence-electron chi connectivity index (χ1n) is 5.46. The van der Waals surface area contributed by atoms with Gasteiger partial charge in [0, 0.05) is 17.9 Å². The normalized spacial score (nSPS) is 15.0. The van der Waals surface area contributed by atoms with Gasteiger partial charge in [0.15, 0.2) is 5.78 Å². The Balaban J connectivity index is 2.03. The fraction of sp³-hybridized carbons (Fsp3) is 0.133. The van der Waals surface area contributed by atoms with Crippen LogP contribution in [0.15, 0.2) is 66.8 Å². The van der Waals surface area contributed by atoms with Crippen LogP contribution in [0.5, 0.6) is 0 Å². The van der Waals surface area contributed by atoms with E-state index in [9.17, 15) is 4.79 Å². The van der Waals surface area contributed by atoms with Gasteiger partial charge in [-0.1, -0.05) is 66.8 Å². The highest BCUT2D eigenvalue weighted by molar-refractivity contribution is 5.96. The minimum absolute atomic E-state index is 0.196. The lowest BCUT2D eigenvalue weighted by molar-refractivity contribution is 0.0975. The lowest BCUT2D eigenvalue weighted by Crippen LogP contribution is -2.04. The number of carbonyl (C=O) groups is 1. The zero-order valence-corrected chi connectivity index (χ0v) is 9.04. The summed E-state index contributed by atoms with van der Waals surface area (Å²) in [5.74, 6) is 0.407. The Morgan fingerprint density at radius 1 is 0.938 bits per heavy atom. The quantitative estimate of drug-likeness (QED) is 0.697. The Morgan fingerprint density at radius 3 is 2.19 bits per heavy atom. The van der Waals surface area contributed by atoms with Crippen molar-refractivity contribution in [3.05, 3.63) is 72.4 Å². The van der Waals surface area contributed by atoms with Crippen LogP contribution in [-0.2, 0) is 0 Å². The first-order chi connectivity index (χ1) is 7.86. The molecule has 1 aromatic carbocycles. The van der Waals surface area contributed by atoms with Gasteiger partial charge >= 0.3 is 0 Å². The highest BCUT2D eigenvalue weighted by Gasteiger charge is 2.10. The molecule has 0 aromatic heterocycles. The van der Waals surface area contributed by atoms with Crippen LogP contribution in [0.4, 0.5) is 0 Å². The number of benzene rings is 1. The smallest absolute Gasteiger partial charge is 0.163 e. The van der Waals surface area contributed by atoms with Crippen molar-refractivity contribution in [2.45, 2.75) is 6.42 Å². The molecule has 0 bridgehead atoms. The highest BCUT2D eigenvalue weighted by Crippen LogP contribution is 2.14. The lowest BCUT2D eigenvalue weighted by Gasteiger charge is -2.05. The van der Waals surface area contributed by atoms with Crippen LogP contribution >= 0.6 is 0 Å². The van der Waals surface area contributed by atoms with Crippen molar-refractivity contribution in [3.8, 4) is 0 Å². The van der Waals surface area contributed by atoms with Gasteiger partial charge in [0.2, 0.25) is 0 Å². The van der Waals surface area contributed by atoms with Crippen molar-refractivity contribution in [1.82, 2.24) is 0 Å². The van der Waals surface area contributed by atoms with Crippen LogP contribution in [0.2, 0.25) is 0 Å². The summed E-state index contributed by atoms with van der Waals surface area (Å²) in [6, 6.07) is 9.45. The van der Waals surface area contributed by atoms with E-state index < -0.39 is 0 Å². The maximum Gasteiger partial charge on any atom is 0.163 e. The molecule has 0 saturated carbocycles. The van der Waals surface area contributed by atoms with Crippen LogP contribution in [0.25, 0.3) is 0 Å². The van der Waals surface area contributed by atoms with Gasteiger partial charge < -0.3 is 0 Å². The van der Waals surface area contributed by atoms with Crippen LogP contribution in [-0.4, -0.2) is 5.78 Å². The molecule has 0 fully saturated rings. The summed E-state index contributed by atoms with van der Waals surface area (Å²) in [7, 11) is 0. The van der Waals surface area contributed by atoms with Gasteiger partial charge in [-0.05, 0) is 0 Å². The number of ketones is 1.